The Hall–Kier alpha value is -2.93. The molecule has 1 heterocycles. The zero-order valence-corrected chi connectivity index (χ0v) is 20.9. The van der Waals surface area contributed by atoms with Gasteiger partial charge in [-0.15, -0.1) is 0 Å². The molecule has 0 unspecified atom stereocenters. The van der Waals surface area contributed by atoms with Crippen molar-refractivity contribution < 1.29 is 33.9 Å². The number of imide groups is 1. The highest BCUT2D eigenvalue weighted by atomic mass is 32.1. The lowest BCUT2D eigenvalue weighted by Gasteiger charge is -2.26. The number of Topliss-reactive ketones (excluding diaryl/α,β-unsaturated/α-hetero) is 1. The van der Waals surface area contributed by atoms with E-state index in [-0.39, 0.29) is 43.5 Å². The van der Waals surface area contributed by atoms with Gasteiger partial charge >= 0.3 is 6.03 Å². The van der Waals surface area contributed by atoms with Crippen LogP contribution in [0.3, 0.4) is 0 Å². The number of carbonyl (C=O) groups excluding carboxylic acids is 6. The highest BCUT2D eigenvalue weighted by Gasteiger charge is 2.33. The van der Waals surface area contributed by atoms with Gasteiger partial charge in [-0.25, -0.2) is 4.79 Å². The first-order valence-electron chi connectivity index (χ1n) is 11.4. The molecular formula is C22H35N5O7S. The van der Waals surface area contributed by atoms with E-state index in [9.17, 15) is 33.9 Å². The van der Waals surface area contributed by atoms with Crippen molar-refractivity contribution in [1.29, 1.82) is 0 Å². The fourth-order valence-electron chi connectivity index (χ4n) is 3.33. The molecule has 0 bridgehead atoms. The molecule has 0 aliphatic carbocycles. The van der Waals surface area contributed by atoms with Crippen LogP contribution in [0, 0.1) is 0 Å². The second-order valence-electron chi connectivity index (χ2n) is 8.69. The van der Waals surface area contributed by atoms with Crippen molar-refractivity contribution in [3.05, 3.63) is 12.2 Å². The number of aliphatic hydroxyl groups is 1. The van der Waals surface area contributed by atoms with Crippen LogP contribution >= 0.6 is 12.6 Å². The summed E-state index contributed by atoms with van der Waals surface area (Å²) in [6.45, 7) is 2.96. The van der Waals surface area contributed by atoms with Gasteiger partial charge in [-0.05, 0) is 39.5 Å². The number of nitrogens with one attached hydrogen (secondary N) is 3. The van der Waals surface area contributed by atoms with Crippen LogP contribution in [-0.4, -0.2) is 82.0 Å². The van der Waals surface area contributed by atoms with Crippen LogP contribution in [0.1, 0.15) is 52.4 Å². The van der Waals surface area contributed by atoms with Gasteiger partial charge in [0.2, 0.25) is 11.8 Å². The summed E-state index contributed by atoms with van der Waals surface area (Å²) >= 11 is 4.26. The lowest BCUT2D eigenvalue weighted by molar-refractivity contribution is -0.137. The van der Waals surface area contributed by atoms with Crippen molar-refractivity contribution in [2.45, 2.75) is 69.2 Å². The van der Waals surface area contributed by atoms with Gasteiger partial charge in [0.1, 0.15) is 6.04 Å². The summed E-state index contributed by atoms with van der Waals surface area (Å²) in [4.78, 5) is 72.5. The van der Waals surface area contributed by atoms with Crippen molar-refractivity contribution in [2.75, 3.05) is 19.7 Å². The monoisotopic (exact) mass is 513 g/mol. The Morgan fingerprint density at radius 3 is 2.20 bits per heavy atom. The molecule has 35 heavy (non-hydrogen) atoms. The SMILES string of the molecule is CC(C)(S)C(=O)[C@H](CCCNC(N)=O)NC(=O)[C@H](CO)NC(=O)CCCCCN1C(=O)C=CC1=O. The largest absolute Gasteiger partial charge is 0.394 e. The molecule has 12 nitrogen and oxygen atoms in total. The van der Waals surface area contributed by atoms with E-state index >= 15 is 0 Å². The molecule has 0 radical (unpaired) electrons. The quantitative estimate of drug-likeness (QED) is 0.0881. The molecule has 1 rings (SSSR count). The predicted molar refractivity (Wildman–Crippen MR) is 130 cm³/mol. The molecule has 6 amide bonds. The van der Waals surface area contributed by atoms with E-state index < -0.39 is 41.3 Å². The molecule has 6 N–H and O–H groups in total. The van der Waals surface area contributed by atoms with Crippen LogP contribution in [0.5, 0.6) is 0 Å². The van der Waals surface area contributed by atoms with Crippen LogP contribution in [0.2, 0.25) is 0 Å². The smallest absolute Gasteiger partial charge is 0.312 e. The zero-order valence-electron chi connectivity index (χ0n) is 20.0. The van der Waals surface area contributed by atoms with Crippen molar-refractivity contribution in [3.63, 3.8) is 0 Å². The van der Waals surface area contributed by atoms with Gasteiger partial charge in [-0.2, -0.15) is 12.6 Å². The molecule has 13 heteroatoms. The van der Waals surface area contributed by atoms with Crippen LogP contribution < -0.4 is 21.7 Å². The van der Waals surface area contributed by atoms with Gasteiger partial charge in [0.25, 0.3) is 11.8 Å². The first-order chi connectivity index (χ1) is 16.4. The first-order valence-corrected chi connectivity index (χ1v) is 11.9. The van der Waals surface area contributed by atoms with Crippen LogP contribution in [0.15, 0.2) is 12.2 Å². The molecule has 0 saturated carbocycles. The molecule has 0 spiro atoms. The Labute approximate surface area is 209 Å². The second-order valence-corrected chi connectivity index (χ2v) is 9.81. The molecule has 0 saturated heterocycles. The minimum Gasteiger partial charge on any atom is -0.394 e. The molecule has 0 aromatic rings. The van der Waals surface area contributed by atoms with Gasteiger partial charge in [0.05, 0.1) is 17.4 Å². The molecular weight excluding hydrogens is 478 g/mol. The summed E-state index contributed by atoms with van der Waals surface area (Å²) in [6, 6.07) is -2.90. The first kappa shape index (κ1) is 30.1. The Kier molecular flexibility index (Phi) is 12.4. The van der Waals surface area contributed by atoms with Crippen LogP contribution in [0.4, 0.5) is 4.79 Å². The highest BCUT2D eigenvalue weighted by Crippen LogP contribution is 2.18. The normalized spacial score (nSPS) is 15.0. The Bertz CT molecular complexity index is 823. The van der Waals surface area contributed by atoms with E-state index in [0.29, 0.717) is 25.7 Å². The maximum absolute atomic E-state index is 12.7. The molecule has 1 aliphatic rings. The zero-order chi connectivity index (χ0) is 26.6. The van der Waals surface area contributed by atoms with E-state index in [0.717, 1.165) is 4.90 Å². The summed E-state index contributed by atoms with van der Waals surface area (Å²) < 4.78 is -1.05. The number of nitrogens with two attached hydrogens (primary N) is 1. The van der Waals surface area contributed by atoms with E-state index in [2.05, 4.69) is 28.6 Å². The van der Waals surface area contributed by atoms with Crippen LogP contribution in [0.25, 0.3) is 0 Å². The summed E-state index contributed by atoms with van der Waals surface area (Å²) in [6.07, 6.45) is 4.61. The number of ketones is 1. The minimum absolute atomic E-state index is 0.0781. The van der Waals surface area contributed by atoms with Crippen molar-refractivity contribution >= 4 is 48.1 Å². The van der Waals surface area contributed by atoms with Gasteiger partial charge in [-0.3, -0.25) is 28.9 Å². The van der Waals surface area contributed by atoms with E-state index in [4.69, 9.17) is 5.73 Å². The highest BCUT2D eigenvalue weighted by molar-refractivity contribution is 7.82. The molecule has 1 aliphatic heterocycles. The molecule has 0 aromatic carbocycles. The lowest BCUT2D eigenvalue weighted by Crippen LogP contribution is -2.55. The van der Waals surface area contributed by atoms with Crippen molar-refractivity contribution in [2.24, 2.45) is 5.73 Å². The molecule has 0 fully saturated rings. The number of unbranched alkanes of at least 4 members (excludes halogenated alkanes) is 2. The number of thiol groups is 1. The fraction of sp³-hybridized carbons (Fsp3) is 0.636. The molecule has 0 aromatic heterocycles. The third kappa shape index (κ3) is 10.9. The summed E-state index contributed by atoms with van der Waals surface area (Å²) in [5, 5.41) is 17.0. The average Bonchev–Trinajstić information content (AvgIpc) is 3.09. The Balaban J connectivity index is 2.51. The second kappa shape index (κ2) is 14.5. The van der Waals surface area contributed by atoms with E-state index in [1.807, 2.05) is 0 Å². The summed E-state index contributed by atoms with van der Waals surface area (Å²) in [5.41, 5.74) is 5.02. The van der Waals surface area contributed by atoms with E-state index in [1.165, 1.54) is 12.2 Å². The molecule has 196 valence electrons. The summed E-state index contributed by atoms with van der Waals surface area (Å²) in [7, 11) is 0. The Morgan fingerprint density at radius 2 is 1.66 bits per heavy atom. The fourth-order valence-corrected chi connectivity index (χ4v) is 3.49. The summed E-state index contributed by atoms with van der Waals surface area (Å²) in [5.74, 6) is -2.25. The topological polar surface area (TPSA) is 188 Å². The number of hydrogen-bond acceptors (Lipinski definition) is 8. The maximum Gasteiger partial charge on any atom is 0.312 e. The van der Waals surface area contributed by atoms with Gasteiger partial charge in [0, 0.05) is 31.7 Å². The van der Waals surface area contributed by atoms with E-state index in [1.54, 1.807) is 13.8 Å². The van der Waals surface area contributed by atoms with Crippen LogP contribution in [-0.2, 0) is 24.0 Å². The lowest BCUT2D eigenvalue weighted by atomic mass is 9.96. The number of carbonyl (C=O) groups is 6. The standard InChI is InChI=1S/C22H35N5O7S/c1-22(2,35)19(32)14(7-6-11-24-21(23)34)26-20(33)15(13-28)25-16(29)8-4-3-5-12-27-17(30)9-10-18(27)31/h9-10,14-15,28,35H,3-8,11-13H2,1-2H3,(H,25,29)(H,26,33)(H3,23,24,34)/t14-,15-/m0/s1. The van der Waals surface area contributed by atoms with Gasteiger partial charge in [0.15, 0.2) is 5.78 Å². The Morgan fingerprint density at radius 1 is 1.03 bits per heavy atom. The number of rotatable bonds is 16. The van der Waals surface area contributed by atoms with Gasteiger partial charge in [-0.1, -0.05) is 6.42 Å². The minimum atomic E-state index is -1.25. The van der Waals surface area contributed by atoms with Gasteiger partial charge < -0.3 is 26.8 Å². The number of amides is 6. The third-order valence-corrected chi connectivity index (χ3v) is 5.45. The van der Waals surface area contributed by atoms with Crippen molar-refractivity contribution in [1.82, 2.24) is 20.9 Å². The number of aliphatic hydroxyl groups excluding tert-OH is 1. The number of hydrogen-bond donors (Lipinski definition) is 6. The third-order valence-electron chi connectivity index (χ3n) is 5.23. The molecule has 2 atom stereocenters. The average molecular weight is 514 g/mol. The predicted octanol–water partition coefficient (Wildman–Crippen LogP) is -0.840. The van der Waals surface area contributed by atoms with Crippen molar-refractivity contribution in [3.8, 4) is 0 Å². The number of nitrogens with zero attached hydrogens (tertiary/aromatic N) is 1. The maximum atomic E-state index is 12.7. The number of urea groups is 1. The number of primary amides is 1.